The van der Waals surface area contributed by atoms with Crippen molar-refractivity contribution in [2.45, 2.75) is 84.5 Å². The summed E-state index contributed by atoms with van der Waals surface area (Å²) in [7, 11) is 0. The average Bonchev–Trinajstić information content (AvgIpc) is 2.35. The number of allylic oxidation sites excluding steroid dienone is 2. The van der Waals surface area contributed by atoms with Crippen molar-refractivity contribution in [2.24, 2.45) is 0 Å². The van der Waals surface area contributed by atoms with Crippen LogP contribution in [0.15, 0.2) is 12.2 Å². The average molecular weight is 234 g/mol. The number of rotatable bonds is 10. The van der Waals surface area contributed by atoms with Gasteiger partial charge in [-0.2, -0.15) is 0 Å². The Hall–Kier alpha value is -0.700. The van der Waals surface area contributed by atoms with Gasteiger partial charge in [-0.1, -0.05) is 76.9 Å². The van der Waals surface area contributed by atoms with E-state index in [0.29, 0.717) is 0 Å². The van der Waals surface area contributed by atoms with Crippen molar-refractivity contribution in [3.05, 3.63) is 12.2 Å². The van der Waals surface area contributed by atoms with E-state index < -0.39 is 0 Å². The molecule has 17 heavy (non-hydrogen) atoms. The van der Waals surface area contributed by atoms with Gasteiger partial charge in [-0.05, 0) is 12.8 Å². The third kappa shape index (κ3) is 15.3. The molecule has 0 nitrogen and oxygen atoms in total. The van der Waals surface area contributed by atoms with Crippen LogP contribution in [-0.4, -0.2) is 0 Å². The van der Waals surface area contributed by atoms with Crippen LogP contribution in [0.3, 0.4) is 0 Å². The highest BCUT2D eigenvalue weighted by Gasteiger charge is 1.87. The lowest BCUT2D eigenvalue weighted by atomic mass is 10.1. The van der Waals surface area contributed by atoms with E-state index in [1.807, 2.05) is 0 Å². The normalized spacial score (nSPS) is 10.5. The summed E-state index contributed by atoms with van der Waals surface area (Å²) in [6, 6.07) is 0. The van der Waals surface area contributed by atoms with E-state index in [1.54, 1.807) is 0 Å². The Morgan fingerprint density at radius 2 is 1.41 bits per heavy atom. The summed E-state index contributed by atoms with van der Waals surface area (Å²) in [6.07, 6.45) is 18.5. The summed E-state index contributed by atoms with van der Waals surface area (Å²) in [5.41, 5.74) is 0. The molecule has 0 aromatic heterocycles. The predicted molar refractivity (Wildman–Crippen MR) is 79.1 cm³/mol. The molecular weight excluding hydrogens is 204 g/mol. The van der Waals surface area contributed by atoms with Crippen molar-refractivity contribution in [1.82, 2.24) is 0 Å². The van der Waals surface area contributed by atoms with Crippen LogP contribution in [0.25, 0.3) is 0 Å². The highest BCUT2D eigenvalue weighted by molar-refractivity contribution is 5.04. The number of unbranched alkanes of at least 4 members (excludes halogenated alkanes) is 8. The molecule has 0 radical (unpaired) electrons. The Balaban J connectivity index is 3.17. The monoisotopic (exact) mass is 234 g/mol. The second-order valence-corrected chi connectivity index (χ2v) is 4.69. The fraction of sp³-hybridized carbons (Fsp3) is 0.765. The van der Waals surface area contributed by atoms with E-state index >= 15 is 0 Å². The molecule has 0 aromatic rings. The van der Waals surface area contributed by atoms with Gasteiger partial charge in [0.25, 0.3) is 0 Å². The predicted octanol–water partition coefficient (Wildman–Crippen LogP) is 5.88. The summed E-state index contributed by atoms with van der Waals surface area (Å²) < 4.78 is 0. The van der Waals surface area contributed by atoms with E-state index in [-0.39, 0.29) is 0 Å². The third-order valence-corrected chi connectivity index (χ3v) is 2.89. The van der Waals surface area contributed by atoms with Gasteiger partial charge in [0.15, 0.2) is 0 Å². The maximum absolute atomic E-state index is 3.27. The van der Waals surface area contributed by atoms with Crippen LogP contribution >= 0.6 is 0 Å². The van der Waals surface area contributed by atoms with Gasteiger partial charge in [-0.25, -0.2) is 0 Å². The van der Waals surface area contributed by atoms with Crippen molar-refractivity contribution in [1.29, 1.82) is 0 Å². The van der Waals surface area contributed by atoms with Gasteiger partial charge in [0.1, 0.15) is 0 Å². The number of hydrogen-bond donors (Lipinski definition) is 0. The third-order valence-electron chi connectivity index (χ3n) is 2.89. The molecular formula is C17H30. The van der Waals surface area contributed by atoms with Crippen molar-refractivity contribution in [3.8, 4) is 11.8 Å². The second-order valence-electron chi connectivity index (χ2n) is 4.69. The van der Waals surface area contributed by atoms with E-state index in [2.05, 4.69) is 37.8 Å². The highest BCUT2D eigenvalue weighted by Crippen LogP contribution is 2.06. The molecule has 0 atom stereocenters. The summed E-state index contributed by atoms with van der Waals surface area (Å²) in [5.74, 6) is 6.49. The molecule has 0 heterocycles. The molecule has 98 valence electrons. The molecule has 0 aliphatic rings. The first-order valence-electron chi connectivity index (χ1n) is 7.52. The van der Waals surface area contributed by atoms with Crippen molar-refractivity contribution in [3.63, 3.8) is 0 Å². The van der Waals surface area contributed by atoms with Crippen molar-refractivity contribution in [2.75, 3.05) is 0 Å². The summed E-state index contributed by atoms with van der Waals surface area (Å²) in [4.78, 5) is 0. The van der Waals surface area contributed by atoms with Crippen LogP contribution in [0, 0.1) is 11.8 Å². The Morgan fingerprint density at radius 3 is 2.18 bits per heavy atom. The van der Waals surface area contributed by atoms with Crippen LogP contribution < -0.4 is 0 Å². The van der Waals surface area contributed by atoms with Gasteiger partial charge < -0.3 is 0 Å². The Morgan fingerprint density at radius 1 is 0.706 bits per heavy atom. The topological polar surface area (TPSA) is 0 Å². The van der Waals surface area contributed by atoms with Gasteiger partial charge in [-0.15, -0.1) is 5.92 Å². The molecule has 0 aliphatic carbocycles. The van der Waals surface area contributed by atoms with Crippen molar-refractivity contribution < 1.29 is 0 Å². The molecule has 0 saturated heterocycles. The zero-order chi connectivity index (χ0) is 12.6. The fourth-order valence-corrected chi connectivity index (χ4v) is 1.74. The molecule has 0 fully saturated rings. The van der Waals surface area contributed by atoms with Crippen molar-refractivity contribution >= 4 is 0 Å². The quantitative estimate of drug-likeness (QED) is 0.252. The molecule has 0 unspecified atom stereocenters. The van der Waals surface area contributed by atoms with Crippen LogP contribution in [0.5, 0.6) is 0 Å². The Kier molecular flexibility index (Phi) is 14.7. The molecule has 0 rings (SSSR count). The van der Waals surface area contributed by atoms with Gasteiger partial charge in [0, 0.05) is 12.8 Å². The lowest BCUT2D eigenvalue weighted by Crippen LogP contribution is -1.77. The Bertz CT molecular complexity index is 214. The first kappa shape index (κ1) is 16.3. The minimum absolute atomic E-state index is 0.944. The minimum atomic E-state index is 0.944. The molecule has 0 aromatic carbocycles. The molecule has 0 spiro atoms. The summed E-state index contributed by atoms with van der Waals surface area (Å²) >= 11 is 0. The van der Waals surface area contributed by atoms with Crippen LogP contribution in [-0.2, 0) is 0 Å². The lowest BCUT2D eigenvalue weighted by molar-refractivity contribution is 0.614. The zero-order valence-corrected chi connectivity index (χ0v) is 11.9. The van der Waals surface area contributed by atoms with Crippen LogP contribution in [0.1, 0.15) is 84.5 Å². The molecule has 0 saturated carbocycles. The fourth-order valence-electron chi connectivity index (χ4n) is 1.74. The maximum atomic E-state index is 3.27. The molecule has 0 bridgehead atoms. The van der Waals surface area contributed by atoms with Gasteiger partial charge in [-0.3, -0.25) is 0 Å². The Labute approximate surface area is 109 Å². The largest absolute Gasteiger partial charge is 0.103 e. The SMILES string of the molecule is CCCC/C=C/CC#CCCCCCCCC. The van der Waals surface area contributed by atoms with E-state index in [1.165, 1.54) is 57.8 Å². The smallest absolute Gasteiger partial charge is 0.0269 e. The highest BCUT2D eigenvalue weighted by atomic mass is 13.9. The van der Waals surface area contributed by atoms with E-state index in [9.17, 15) is 0 Å². The van der Waals surface area contributed by atoms with Gasteiger partial charge >= 0.3 is 0 Å². The van der Waals surface area contributed by atoms with Crippen LogP contribution in [0.4, 0.5) is 0 Å². The first-order chi connectivity index (χ1) is 8.41. The molecule has 0 heteroatoms. The minimum Gasteiger partial charge on any atom is -0.103 e. The van der Waals surface area contributed by atoms with Gasteiger partial charge in [0.2, 0.25) is 0 Å². The number of hydrogen-bond acceptors (Lipinski definition) is 0. The summed E-state index contributed by atoms with van der Waals surface area (Å²) in [5, 5.41) is 0. The zero-order valence-electron chi connectivity index (χ0n) is 11.9. The van der Waals surface area contributed by atoms with Crippen LogP contribution in [0.2, 0.25) is 0 Å². The standard InChI is InChI=1S/C17H30/c1-3-5-7-9-11-13-15-17-16-14-12-10-8-6-4-2/h9,11H,3-8,10,12-14,16H2,1-2H3/b11-9+. The molecule has 0 aliphatic heterocycles. The molecule has 0 amide bonds. The van der Waals surface area contributed by atoms with E-state index in [0.717, 1.165) is 12.8 Å². The maximum Gasteiger partial charge on any atom is 0.0269 e. The lowest BCUT2D eigenvalue weighted by Gasteiger charge is -1.96. The first-order valence-corrected chi connectivity index (χ1v) is 7.52. The van der Waals surface area contributed by atoms with Gasteiger partial charge in [0.05, 0.1) is 0 Å². The molecule has 0 N–H and O–H groups in total. The second kappa shape index (κ2) is 15.3. The summed E-state index contributed by atoms with van der Waals surface area (Å²) in [6.45, 7) is 4.49. The van der Waals surface area contributed by atoms with E-state index in [4.69, 9.17) is 0 Å².